The minimum atomic E-state index is 0.349. The zero-order valence-electron chi connectivity index (χ0n) is 44.7. The molecule has 8 heterocycles. The van der Waals surface area contributed by atoms with Gasteiger partial charge in [0.2, 0.25) is 0 Å². The highest BCUT2D eigenvalue weighted by Gasteiger charge is 2.35. The molecule has 0 atom stereocenters. The second-order valence-corrected chi connectivity index (χ2v) is 20.9. The second kappa shape index (κ2) is 18.6. The van der Waals surface area contributed by atoms with E-state index in [0.717, 1.165) is 99.2 Å². The summed E-state index contributed by atoms with van der Waals surface area (Å²) in [6.45, 7) is 0. The molecule has 84 heavy (non-hydrogen) atoms. The quantitative estimate of drug-likeness (QED) is 0.149. The number of rotatable bonds is 8. The Labute approximate surface area is 479 Å². The fraction of sp³-hybridized carbons (Fsp3) is 0. The van der Waals surface area contributed by atoms with Crippen molar-refractivity contribution in [3.8, 4) is 74.1 Å². The Morgan fingerprint density at radius 1 is 0.274 bits per heavy atom. The van der Waals surface area contributed by atoms with Crippen molar-refractivity contribution in [3.63, 3.8) is 0 Å². The van der Waals surface area contributed by atoms with Crippen LogP contribution in [0.5, 0.6) is 0 Å². The highest BCUT2D eigenvalue weighted by Crippen LogP contribution is 2.51. The maximum absolute atomic E-state index is 12.8. The van der Waals surface area contributed by atoms with Gasteiger partial charge in [0.1, 0.15) is 6.07 Å². The smallest absolute Gasteiger partial charge is 0.168 e. The Hall–Kier alpha value is -11.9. The molecule has 390 valence electrons. The number of nitrogens with zero attached hydrogens (tertiary/aromatic N) is 11. The summed E-state index contributed by atoms with van der Waals surface area (Å²) in [5.41, 5.74) is 16.7. The molecular weight excluding hydrogens is 1030 g/mol. The van der Waals surface area contributed by atoms with E-state index in [2.05, 4.69) is 176 Å². The largest absolute Gasteiger partial charge is 0.309 e. The van der Waals surface area contributed by atoms with Gasteiger partial charge in [-0.25, -0.2) is 15.0 Å². The summed E-state index contributed by atoms with van der Waals surface area (Å²) >= 11 is 0. The van der Waals surface area contributed by atoms with Crippen LogP contribution in [0.25, 0.3) is 156 Å². The summed E-state index contributed by atoms with van der Waals surface area (Å²) in [5.74, 6) is 1.28. The fourth-order valence-electron chi connectivity index (χ4n) is 12.9. The van der Waals surface area contributed by atoms with E-state index in [1.807, 2.05) is 110 Å². The summed E-state index contributed by atoms with van der Waals surface area (Å²) in [7, 11) is 0. The number of hydrogen-bond acceptors (Lipinski definition) is 7. The molecular formula is C73H43N11. The summed E-state index contributed by atoms with van der Waals surface area (Å²) in [4.78, 5) is 32.0. The number of hydrogen-bond donors (Lipinski definition) is 0. The van der Waals surface area contributed by atoms with Crippen molar-refractivity contribution in [3.05, 3.63) is 267 Å². The molecule has 17 aromatic rings. The average Bonchev–Trinajstić information content (AvgIpc) is 1.48. The summed E-state index contributed by atoms with van der Waals surface area (Å²) < 4.78 is 9.16. The maximum Gasteiger partial charge on any atom is 0.168 e. The molecule has 0 aliphatic heterocycles. The number of nitriles is 1. The molecule has 0 N–H and O–H groups in total. The van der Waals surface area contributed by atoms with Crippen LogP contribution in [0.3, 0.4) is 0 Å². The van der Waals surface area contributed by atoms with Crippen molar-refractivity contribution in [1.82, 2.24) is 48.2 Å². The lowest BCUT2D eigenvalue weighted by Crippen LogP contribution is -2.15. The molecule has 0 amide bonds. The number of para-hydroxylation sites is 5. The highest BCUT2D eigenvalue weighted by atomic mass is 15.1. The number of benzene rings is 9. The molecule has 0 aliphatic rings. The molecule has 0 radical (unpaired) electrons. The minimum Gasteiger partial charge on any atom is -0.309 e. The summed E-state index contributed by atoms with van der Waals surface area (Å²) in [6, 6.07) is 86.2. The normalized spacial score (nSPS) is 11.8. The van der Waals surface area contributed by atoms with E-state index in [1.54, 1.807) is 0 Å². The van der Waals surface area contributed by atoms with E-state index in [-0.39, 0.29) is 0 Å². The molecule has 0 saturated carbocycles. The van der Waals surface area contributed by atoms with E-state index in [0.29, 0.717) is 51.2 Å². The van der Waals surface area contributed by atoms with Gasteiger partial charge in [-0.05, 0) is 84.4 Å². The first kappa shape index (κ1) is 47.0. The van der Waals surface area contributed by atoms with Crippen LogP contribution in [0.2, 0.25) is 0 Å². The minimum absolute atomic E-state index is 0.349. The summed E-state index contributed by atoms with van der Waals surface area (Å²) in [6.07, 6.45) is 5.53. The van der Waals surface area contributed by atoms with E-state index in [1.165, 1.54) is 10.8 Å². The fourth-order valence-corrected chi connectivity index (χ4v) is 12.9. The topological polar surface area (TPSA) is 121 Å². The molecule has 17 rings (SSSR count). The SMILES string of the molecule is N#Cc1c(-c2ccc(-n3c4ccccc4c4ccccc43)cc2)c(-n2c3ccccc3c3ncccc32)c(-n2c3ccccc3c3ncccc32)c(-c2nc(-c3ccccc3)nc(-c3ccccc3)n2)c1-n1c2ccccc2c2ncccc21. The second-order valence-electron chi connectivity index (χ2n) is 20.9. The lowest BCUT2D eigenvalue weighted by atomic mass is 9.90. The molecule has 0 aliphatic carbocycles. The third-order valence-corrected chi connectivity index (χ3v) is 16.4. The Bertz CT molecular complexity index is 5300. The van der Waals surface area contributed by atoms with E-state index >= 15 is 0 Å². The van der Waals surface area contributed by atoms with Crippen LogP contribution >= 0.6 is 0 Å². The lowest BCUT2D eigenvalue weighted by molar-refractivity contribution is 1.03. The van der Waals surface area contributed by atoms with Gasteiger partial charge >= 0.3 is 0 Å². The Morgan fingerprint density at radius 2 is 0.619 bits per heavy atom. The van der Waals surface area contributed by atoms with Gasteiger partial charge in [0, 0.05) is 67.9 Å². The molecule has 0 saturated heterocycles. The van der Waals surface area contributed by atoms with Crippen LogP contribution < -0.4 is 0 Å². The Balaban J connectivity index is 1.14. The van der Waals surface area contributed by atoms with Crippen LogP contribution in [0, 0.1) is 11.3 Å². The van der Waals surface area contributed by atoms with Gasteiger partial charge < -0.3 is 18.3 Å². The predicted octanol–water partition coefficient (Wildman–Crippen LogP) is 17.0. The molecule has 0 spiro atoms. The van der Waals surface area contributed by atoms with Crippen molar-refractivity contribution in [2.24, 2.45) is 0 Å². The first-order valence-corrected chi connectivity index (χ1v) is 27.8. The Morgan fingerprint density at radius 3 is 1.05 bits per heavy atom. The zero-order valence-corrected chi connectivity index (χ0v) is 44.7. The monoisotopic (exact) mass is 1070 g/mol. The van der Waals surface area contributed by atoms with Gasteiger partial charge in [0.05, 0.1) is 88.9 Å². The lowest BCUT2D eigenvalue weighted by Gasteiger charge is -2.28. The van der Waals surface area contributed by atoms with Crippen molar-refractivity contribution >= 4 is 87.6 Å². The van der Waals surface area contributed by atoms with E-state index in [9.17, 15) is 5.26 Å². The average molecular weight is 1070 g/mol. The van der Waals surface area contributed by atoms with Crippen molar-refractivity contribution in [2.75, 3.05) is 0 Å². The molecule has 0 unspecified atom stereocenters. The number of fused-ring (bicyclic) bond motifs is 12. The zero-order chi connectivity index (χ0) is 55.4. The van der Waals surface area contributed by atoms with Crippen molar-refractivity contribution < 1.29 is 0 Å². The van der Waals surface area contributed by atoms with Gasteiger partial charge in [0.15, 0.2) is 17.5 Å². The molecule has 11 heteroatoms. The van der Waals surface area contributed by atoms with Crippen molar-refractivity contribution in [1.29, 1.82) is 5.26 Å². The number of pyridine rings is 3. The molecule has 9 aromatic carbocycles. The molecule has 11 nitrogen and oxygen atoms in total. The van der Waals surface area contributed by atoms with Gasteiger partial charge in [0.25, 0.3) is 0 Å². The third kappa shape index (κ3) is 6.92. The summed E-state index contributed by atoms with van der Waals surface area (Å²) in [5, 5.41) is 18.0. The van der Waals surface area contributed by atoms with Gasteiger partial charge in [-0.2, -0.15) is 5.26 Å². The third-order valence-electron chi connectivity index (χ3n) is 16.4. The predicted molar refractivity (Wildman–Crippen MR) is 337 cm³/mol. The first-order chi connectivity index (χ1) is 41.7. The van der Waals surface area contributed by atoms with Crippen molar-refractivity contribution in [2.45, 2.75) is 0 Å². The number of aromatic nitrogens is 10. The van der Waals surface area contributed by atoms with Crippen LogP contribution in [0.15, 0.2) is 261 Å². The van der Waals surface area contributed by atoms with Gasteiger partial charge in [-0.1, -0.05) is 164 Å². The molecule has 8 aromatic heterocycles. The standard InChI is InChI=1S/C73H43N11/c74-44-54-63(45-37-39-48(40-38-45)81-55-29-12-7-24-49(55)50-25-8-13-30-56(50)81)69(83-58-32-15-10-27-52(58)66-61(83)35-18-42-76-66)70(84-59-33-16-11-28-53(59)67-62(84)36-19-43-77-67)64(68(54)82-57-31-14-9-26-51(57)65-60(82)34-17-41-75-65)73-79-71(46-20-3-1-4-21-46)78-72(80-73)47-22-5-2-6-23-47/h1-43H. The first-order valence-electron chi connectivity index (χ1n) is 27.8. The van der Waals surface area contributed by atoms with Crippen LogP contribution in [-0.2, 0) is 0 Å². The molecule has 0 bridgehead atoms. The van der Waals surface area contributed by atoms with E-state index < -0.39 is 0 Å². The Kier molecular flexibility index (Phi) is 10.4. The maximum atomic E-state index is 12.8. The van der Waals surface area contributed by atoms with E-state index in [4.69, 9.17) is 29.9 Å². The highest BCUT2D eigenvalue weighted by molar-refractivity contribution is 6.15. The van der Waals surface area contributed by atoms with Crippen LogP contribution in [0.1, 0.15) is 5.56 Å². The van der Waals surface area contributed by atoms with Crippen LogP contribution in [0.4, 0.5) is 0 Å². The van der Waals surface area contributed by atoms with Gasteiger partial charge in [-0.15, -0.1) is 0 Å². The molecule has 0 fully saturated rings. The van der Waals surface area contributed by atoms with Crippen LogP contribution in [-0.4, -0.2) is 48.2 Å². The van der Waals surface area contributed by atoms with Gasteiger partial charge in [-0.3, -0.25) is 15.0 Å².